The molecule has 21 heavy (non-hydrogen) atoms. The number of nitrogens with zero attached hydrogens (tertiary/aromatic N) is 1. The Kier molecular flexibility index (Phi) is 5.48. The predicted octanol–water partition coefficient (Wildman–Crippen LogP) is 2.85. The van der Waals surface area contributed by atoms with Crippen LogP contribution in [0.2, 0.25) is 0 Å². The van der Waals surface area contributed by atoms with Crippen molar-refractivity contribution in [1.29, 1.82) is 0 Å². The molecular formula is C16H28N2O3. The van der Waals surface area contributed by atoms with Crippen molar-refractivity contribution in [1.82, 2.24) is 10.2 Å². The van der Waals surface area contributed by atoms with Gasteiger partial charge in [-0.25, -0.2) is 4.79 Å². The van der Waals surface area contributed by atoms with Gasteiger partial charge in [0.2, 0.25) is 0 Å². The van der Waals surface area contributed by atoms with Gasteiger partial charge in [-0.15, -0.1) is 0 Å². The van der Waals surface area contributed by atoms with Crippen molar-refractivity contribution in [3.8, 4) is 0 Å². The standard InChI is InChI=1S/C16H28N2O3/c1-2-8-16(14(19)20)9-10-18(12-16)15(21)17-11-13-6-4-3-5-7-13/h13H,2-12H2,1H3,(H,17,21)(H,19,20). The van der Waals surface area contributed by atoms with Crippen LogP contribution in [0, 0.1) is 11.3 Å². The number of rotatable bonds is 5. The van der Waals surface area contributed by atoms with Gasteiger partial charge in [-0.3, -0.25) is 4.79 Å². The summed E-state index contributed by atoms with van der Waals surface area (Å²) in [5.41, 5.74) is -0.725. The molecule has 0 aromatic carbocycles. The first-order valence-electron chi connectivity index (χ1n) is 8.33. The molecule has 1 heterocycles. The number of likely N-dealkylation sites (tertiary alicyclic amines) is 1. The summed E-state index contributed by atoms with van der Waals surface area (Å²) in [7, 11) is 0. The van der Waals surface area contributed by atoms with Gasteiger partial charge < -0.3 is 15.3 Å². The second-order valence-electron chi connectivity index (χ2n) is 6.70. The topological polar surface area (TPSA) is 69.6 Å². The lowest BCUT2D eigenvalue weighted by Gasteiger charge is -2.26. The van der Waals surface area contributed by atoms with Crippen molar-refractivity contribution in [2.24, 2.45) is 11.3 Å². The minimum atomic E-state index is -0.757. The number of nitrogens with one attached hydrogen (secondary N) is 1. The van der Waals surface area contributed by atoms with Crippen LogP contribution in [0.15, 0.2) is 0 Å². The fourth-order valence-corrected chi connectivity index (χ4v) is 3.74. The number of aliphatic carboxylic acids is 1. The van der Waals surface area contributed by atoms with Crippen molar-refractivity contribution >= 4 is 12.0 Å². The zero-order valence-electron chi connectivity index (χ0n) is 13.1. The summed E-state index contributed by atoms with van der Waals surface area (Å²) in [6, 6.07) is -0.0835. The average Bonchev–Trinajstić information content (AvgIpc) is 2.92. The molecule has 0 bridgehead atoms. The molecular weight excluding hydrogens is 268 g/mol. The van der Waals surface area contributed by atoms with Gasteiger partial charge in [0.15, 0.2) is 0 Å². The van der Waals surface area contributed by atoms with E-state index in [9.17, 15) is 14.7 Å². The summed E-state index contributed by atoms with van der Waals surface area (Å²) < 4.78 is 0. The van der Waals surface area contributed by atoms with Crippen molar-refractivity contribution < 1.29 is 14.7 Å². The summed E-state index contributed by atoms with van der Waals surface area (Å²) in [4.78, 5) is 25.4. The predicted molar refractivity (Wildman–Crippen MR) is 81.1 cm³/mol. The van der Waals surface area contributed by atoms with Gasteiger partial charge >= 0.3 is 12.0 Å². The highest BCUT2D eigenvalue weighted by Crippen LogP contribution is 2.35. The van der Waals surface area contributed by atoms with Crippen LogP contribution in [0.1, 0.15) is 58.3 Å². The zero-order valence-corrected chi connectivity index (χ0v) is 13.1. The first kappa shape index (κ1) is 16.1. The van der Waals surface area contributed by atoms with Crippen molar-refractivity contribution in [2.45, 2.75) is 58.3 Å². The van der Waals surface area contributed by atoms with E-state index in [1.54, 1.807) is 4.90 Å². The maximum atomic E-state index is 12.2. The molecule has 0 radical (unpaired) electrons. The van der Waals surface area contributed by atoms with E-state index in [0.29, 0.717) is 31.8 Å². The van der Waals surface area contributed by atoms with Crippen LogP contribution in [-0.2, 0) is 4.79 Å². The summed E-state index contributed by atoms with van der Waals surface area (Å²) in [6.45, 7) is 3.65. The first-order chi connectivity index (χ1) is 10.1. The molecule has 0 spiro atoms. The number of carbonyl (C=O) groups excluding carboxylic acids is 1. The maximum absolute atomic E-state index is 12.2. The average molecular weight is 296 g/mol. The monoisotopic (exact) mass is 296 g/mol. The Morgan fingerprint density at radius 2 is 2.00 bits per heavy atom. The van der Waals surface area contributed by atoms with Crippen molar-refractivity contribution in [3.63, 3.8) is 0 Å². The lowest BCUT2D eigenvalue weighted by atomic mass is 9.83. The second-order valence-corrected chi connectivity index (χ2v) is 6.70. The molecule has 0 aromatic heterocycles. The molecule has 5 heteroatoms. The Bertz CT molecular complexity index is 380. The van der Waals surface area contributed by atoms with Crippen LogP contribution < -0.4 is 5.32 Å². The number of carboxylic acid groups (broad SMARTS) is 1. The molecule has 5 nitrogen and oxygen atoms in total. The second kappa shape index (κ2) is 7.14. The Morgan fingerprint density at radius 1 is 1.29 bits per heavy atom. The van der Waals surface area contributed by atoms with Gasteiger partial charge in [0, 0.05) is 19.6 Å². The Morgan fingerprint density at radius 3 is 2.62 bits per heavy atom. The molecule has 1 unspecified atom stereocenters. The highest BCUT2D eigenvalue weighted by molar-refractivity contribution is 5.79. The number of hydrogen-bond acceptors (Lipinski definition) is 2. The van der Waals surface area contributed by atoms with E-state index in [2.05, 4.69) is 5.32 Å². The number of amides is 2. The third-order valence-corrected chi connectivity index (χ3v) is 5.09. The largest absolute Gasteiger partial charge is 0.481 e. The molecule has 2 aliphatic rings. The molecule has 2 rings (SSSR count). The van der Waals surface area contributed by atoms with Gasteiger partial charge in [-0.2, -0.15) is 0 Å². The SMILES string of the molecule is CCCC1(C(=O)O)CCN(C(=O)NCC2CCCCC2)C1. The Balaban J connectivity index is 1.82. The van der Waals surface area contributed by atoms with Gasteiger partial charge in [0.05, 0.1) is 5.41 Å². The first-order valence-corrected chi connectivity index (χ1v) is 8.33. The van der Waals surface area contributed by atoms with E-state index >= 15 is 0 Å². The summed E-state index contributed by atoms with van der Waals surface area (Å²) in [6.07, 6.45) is 8.32. The molecule has 2 amide bonds. The summed E-state index contributed by atoms with van der Waals surface area (Å²) in [5.74, 6) is -0.155. The highest BCUT2D eigenvalue weighted by atomic mass is 16.4. The molecule has 2 fully saturated rings. The van der Waals surface area contributed by atoms with Gasteiger partial charge in [-0.1, -0.05) is 32.6 Å². The molecule has 1 aliphatic heterocycles. The molecule has 0 aromatic rings. The number of urea groups is 1. The Labute approximate surface area is 127 Å². The van der Waals surface area contributed by atoms with Gasteiger partial charge in [0.1, 0.15) is 0 Å². The normalized spacial score (nSPS) is 26.8. The summed E-state index contributed by atoms with van der Waals surface area (Å²) >= 11 is 0. The van der Waals surface area contributed by atoms with Crippen LogP contribution in [0.25, 0.3) is 0 Å². The van der Waals surface area contributed by atoms with E-state index in [1.807, 2.05) is 6.92 Å². The van der Waals surface area contributed by atoms with Crippen LogP contribution in [0.3, 0.4) is 0 Å². The smallest absolute Gasteiger partial charge is 0.317 e. The van der Waals surface area contributed by atoms with E-state index < -0.39 is 11.4 Å². The van der Waals surface area contributed by atoms with Gasteiger partial charge in [-0.05, 0) is 31.6 Å². The zero-order chi connectivity index (χ0) is 15.3. The van der Waals surface area contributed by atoms with Crippen LogP contribution in [-0.4, -0.2) is 41.6 Å². The molecule has 120 valence electrons. The molecule has 1 saturated heterocycles. The van der Waals surface area contributed by atoms with Crippen molar-refractivity contribution in [2.75, 3.05) is 19.6 Å². The molecule has 1 aliphatic carbocycles. The van der Waals surface area contributed by atoms with Crippen molar-refractivity contribution in [3.05, 3.63) is 0 Å². The lowest BCUT2D eigenvalue weighted by Crippen LogP contribution is -2.43. The van der Waals surface area contributed by atoms with Gasteiger partial charge in [0.25, 0.3) is 0 Å². The fourth-order valence-electron chi connectivity index (χ4n) is 3.74. The summed E-state index contributed by atoms with van der Waals surface area (Å²) in [5, 5.41) is 12.5. The van der Waals surface area contributed by atoms with Crippen LogP contribution in [0.4, 0.5) is 4.79 Å². The van der Waals surface area contributed by atoms with E-state index in [-0.39, 0.29) is 6.03 Å². The number of carbonyl (C=O) groups is 2. The fraction of sp³-hybridized carbons (Fsp3) is 0.875. The van der Waals surface area contributed by atoms with Crippen LogP contribution >= 0.6 is 0 Å². The minimum absolute atomic E-state index is 0.0835. The van der Waals surface area contributed by atoms with E-state index in [1.165, 1.54) is 32.1 Å². The highest BCUT2D eigenvalue weighted by Gasteiger charge is 2.45. The molecule has 2 N–H and O–H groups in total. The van der Waals surface area contributed by atoms with E-state index in [4.69, 9.17) is 0 Å². The number of carboxylic acids is 1. The Hall–Kier alpha value is -1.26. The maximum Gasteiger partial charge on any atom is 0.317 e. The quantitative estimate of drug-likeness (QED) is 0.819. The van der Waals surface area contributed by atoms with Crippen LogP contribution in [0.5, 0.6) is 0 Å². The number of hydrogen-bond donors (Lipinski definition) is 2. The molecule has 1 saturated carbocycles. The minimum Gasteiger partial charge on any atom is -0.481 e. The third-order valence-electron chi connectivity index (χ3n) is 5.09. The third kappa shape index (κ3) is 3.89. The lowest BCUT2D eigenvalue weighted by molar-refractivity contribution is -0.148. The van der Waals surface area contributed by atoms with E-state index in [0.717, 1.165) is 13.0 Å². The molecule has 1 atom stereocenters.